The number of aliphatic carboxylic acids is 1. The molecule has 2 unspecified atom stereocenters. The highest BCUT2D eigenvalue weighted by Gasteiger charge is 2.22. The number of ether oxygens (including phenoxy) is 4. The molecule has 0 saturated carbocycles. The number of carbonyl (C=O) groups excluding carboxylic acids is 3. The lowest BCUT2D eigenvalue weighted by molar-refractivity contribution is -0.870. The predicted octanol–water partition coefficient (Wildman–Crippen LogP) is 13.6. The van der Waals surface area contributed by atoms with Gasteiger partial charge in [0.25, 0.3) is 0 Å². The lowest BCUT2D eigenvalue weighted by Gasteiger charge is -2.26. The van der Waals surface area contributed by atoms with Gasteiger partial charge in [0.05, 0.1) is 40.3 Å². The van der Waals surface area contributed by atoms with Crippen molar-refractivity contribution in [2.75, 3.05) is 47.5 Å². The largest absolute Gasteiger partial charge is 0.545 e. The van der Waals surface area contributed by atoms with Gasteiger partial charge in [-0.2, -0.15) is 0 Å². The molecule has 9 nitrogen and oxygen atoms in total. The van der Waals surface area contributed by atoms with Gasteiger partial charge in [-0.05, 0) is 77.0 Å². The Labute approximate surface area is 399 Å². The van der Waals surface area contributed by atoms with Gasteiger partial charge in [0, 0.05) is 12.8 Å². The van der Waals surface area contributed by atoms with Crippen LogP contribution in [0.25, 0.3) is 0 Å². The number of hydrogen-bond donors (Lipinski definition) is 0. The summed E-state index contributed by atoms with van der Waals surface area (Å²) >= 11 is 0. The third kappa shape index (κ3) is 48.7. The van der Waals surface area contributed by atoms with Gasteiger partial charge < -0.3 is 33.3 Å². The molecule has 0 radical (unpaired) electrons. The highest BCUT2D eigenvalue weighted by atomic mass is 16.7. The maximum Gasteiger partial charge on any atom is 0.306 e. The predicted molar refractivity (Wildman–Crippen MR) is 269 cm³/mol. The lowest BCUT2D eigenvalue weighted by atomic mass is 10.0. The summed E-state index contributed by atoms with van der Waals surface area (Å²) in [7, 11) is 5.91. The van der Waals surface area contributed by atoms with E-state index in [1.54, 1.807) is 0 Å². The van der Waals surface area contributed by atoms with E-state index in [0.717, 1.165) is 70.6 Å². The SMILES string of the molecule is CC/C=C\C/C=C\C/C=C\CCCCCCCCCC(=O)OC(COC(=O)CCCCCCCCCCCCC/C=C\C/C=C\CCCCCCC)COC(OCC[N+](C)(C)C)C(=O)[O-]. The van der Waals surface area contributed by atoms with Gasteiger partial charge in [0.15, 0.2) is 12.4 Å². The molecule has 0 spiro atoms. The van der Waals surface area contributed by atoms with Crippen molar-refractivity contribution in [2.45, 2.75) is 232 Å². The van der Waals surface area contributed by atoms with E-state index in [4.69, 9.17) is 18.9 Å². The third-order valence-corrected chi connectivity index (χ3v) is 11.2. The quantitative estimate of drug-likeness (QED) is 0.0195. The molecule has 0 aliphatic carbocycles. The second kappa shape index (κ2) is 47.5. The molecule has 0 fully saturated rings. The van der Waals surface area contributed by atoms with Crippen LogP contribution < -0.4 is 5.11 Å². The Morgan fingerprint density at radius 1 is 0.477 bits per heavy atom. The fraction of sp³-hybridized carbons (Fsp3) is 0.768. The number of carboxylic acids is 1. The maximum absolute atomic E-state index is 12.8. The van der Waals surface area contributed by atoms with Crippen LogP contribution in [0.5, 0.6) is 0 Å². The molecular weight excluding hydrogens is 815 g/mol. The van der Waals surface area contributed by atoms with E-state index in [1.165, 1.54) is 116 Å². The minimum Gasteiger partial charge on any atom is -0.545 e. The molecule has 65 heavy (non-hydrogen) atoms. The van der Waals surface area contributed by atoms with Crippen LogP contribution in [0.4, 0.5) is 0 Å². The Morgan fingerprint density at radius 2 is 0.877 bits per heavy atom. The van der Waals surface area contributed by atoms with Crippen molar-refractivity contribution < 1.29 is 42.9 Å². The summed E-state index contributed by atoms with van der Waals surface area (Å²) in [5, 5.41) is 11.7. The molecule has 9 heteroatoms. The second-order valence-electron chi connectivity index (χ2n) is 18.8. The van der Waals surface area contributed by atoms with Crippen LogP contribution in [0.15, 0.2) is 60.8 Å². The Balaban J connectivity index is 4.30. The minimum atomic E-state index is -1.63. The summed E-state index contributed by atoms with van der Waals surface area (Å²) in [5.41, 5.74) is 0. The molecule has 0 aliphatic heterocycles. The smallest absolute Gasteiger partial charge is 0.306 e. The third-order valence-electron chi connectivity index (χ3n) is 11.2. The number of nitrogens with zero attached hydrogens (tertiary/aromatic N) is 1. The van der Waals surface area contributed by atoms with Crippen molar-refractivity contribution in [3.05, 3.63) is 60.8 Å². The van der Waals surface area contributed by atoms with E-state index in [0.29, 0.717) is 17.4 Å². The monoisotopic (exact) mass is 914 g/mol. The van der Waals surface area contributed by atoms with Crippen molar-refractivity contribution in [3.63, 3.8) is 0 Å². The summed E-state index contributed by atoms with van der Waals surface area (Å²) in [6.45, 7) is 4.62. The molecule has 0 rings (SSSR count). The van der Waals surface area contributed by atoms with Crippen LogP contribution in [0, 0.1) is 0 Å². The molecule has 2 atom stereocenters. The maximum atomic E-state index is 12.8. The number of carbonyl (C=O) groups is 3. The zero-order valence-electron chi connectivity index (χ0n) is 42.6. The summed E-state index contributed by atoms with van der Waals surface area (Å²) in [4.78, 5) is 37.2. The molecule has 0 amide bonds. The average Bonchev–Trinajstić information content (AvgIpc) is 3.27. The van der Waals surface area contributed by atoms with Gasteiger partial charge in [0.1, 0.15) is 13.2 Å². The van der Waals surface area contributed by atoms with E-state index in [2.05, 4.69) is 74.6 Å². The first kappa shape index (κ1) is 62.0. The minimum absolute atomic E-state index is 0.143. The first-order valence-electron chi connectivity index (χ1n) is 26.4. The fourth-order valence-corrected chi connectivity index (χ4v) is 7.17. The van der Waals surface area contributed by atoms with Crippen LogP contribution in [0.3, 0.4) is 0 Å². The van der Waals surface area contributed by atoms with Crippen LogP contribution >= 0.6 is 0 Å². The topological polar surface area (TPSA) is 111 Å². The van der Waals surface area contributed by atoms with Crippen LogP contribution in [0.2, 0.25) is 0 Å². The van der Waals surface area contributed by atoms with Crippen molar-refractivity contribution in [2.24, 2.45) is 0 Å². The molecule has 0 aromatic heterocycles. The van der Waals surface area contributed by atoms with Gasteiger partial charge >= 0.3 is 11.9 Å². The van der Waals surface area contributed by atoms with Crippen LogP contribution in [-0.4, -0.2) is 82.3 Å². The molecule has 0 aliphatic rings. The summed E-state index contributed by atoms with van der Waals surface area (Å²) < 4.78 is 22.6. The lowest BCUT2D eigenvalue weighted by Crippen LogP contribution is -2.44. The van der Waals surface area contributed by atoms with Gasteiger partial charge in [-0.15, -0.1) is 0 Å². The molecular formula is C56H99NO8. The number of esters is 2. The average molecular weight is 914 g/mol. The molecule has 376 valence electrons. The number of hydrogen-bond acceptors (Lipinski definition) is 8. The molecule has 0 heterocycles. The van der Waals surface area contributed by atoms with Gasteiger partial charge in [0.2, 0.25) is 0 Å². The van der Waals surface area contributed by atoms with E-state index in [1.807, 2.05) is 21.1 Å². The molecule has 0 saturated heterocycles. The first-order valence-corrected chi connectivity index (χ1v) is 26.4. The fourth-order valence-electron chi connectivity index (χ4n) is 7.17. The molecule has 0 bridgehead atoms. The van der Waals surface area contributed by atoms with E-state index >= 15 is 0 Å². The summed E-state index contributed by atoms with van der Waals surface area (Å²) in [6.07, 6.45) is 55.4. The summed E-state index contributed by atoms with van der Waals surface area (Å²) in [5.74, 6) is -2.30. The van der Waals surface area contributed by atoms with Crippen LogP contribution in [-0.2, 0) is 33.3 Å². The Kier molecular flexibility index (Phi) is 45.3. The van der Waals surface area contributed by atoms with Crippen molar-refractivity contribution >= 4 is 17.9 Å². The number of carboxylic acid groups (broad SMARTS) is 1. The van der Waals surface area contributed by atoms with Gasteiger partial charge in [-0.25, -0.2) is 0 Å². The number of unbranched alkanes of at least 4 members (excludes halogenated alkanes) is 23. The van der Waals surface area contributed by atoms with Crippen LogP contribution in [0.1, 0.15) is 219 Å². The van der Waals surface area contributed by atoms with Gasteiger partial charge in [-0.1, -0.05) is 190 Å². The van der Waals surface area contributed by atoms with E-state index < -0.39 is 24.3 Å². The van der Waals surface area contributed by atoms with Crippen molar-refractivity contribution in [1.29, 1.82) is 0 Å². The number of rotatable bonds is 48. The van der Waals surface area contributed by atoms with Crippen molar-refractivity contribution in [1.82, 2.24) is 0 Å². The molecule has 0 N–H and O–H groups in total. The normalized spacial score (nSPS) is 13.3. The Hall–Kier alpha value is -3.01. The first-order chi connectivity index (χ1) is 31.6. The zero-order valence-corrected chi connectivity index (χ0v) is 42.6. The van der Waals surface area contributed by atoms with E-state index in [9.17, 15) is 19.5 Å². The number of likely N-dealkylation sites (N-methyl/N-ethyl adjacent to an activating group) is 1. The molecule has 0 aromatic rings. The Morgan fingerprint density at radius 3 is 1.31 bits per heavy atom. The second-order valence-corrected chi connectivity index (χ2v) is 18.8. The highest BCUT2D eigenvalue weighted by Crippen LogP contribution is 2.15. The zero-order chi connectivity index (χ0) is 47.7. The van der Waals surface area contributed by atoms with Crippen molar-refractivity contribution in [3.8, 4) is 0 Å². The molecule has 0 aromatic carbocycles. The summed E-state index contributed by atoms with van der Waals surface area (Å²) in [6, 6.07) is 0. The Bertz CT molecular complexity index is 1250. The van der Waals surface area contributed by atoms with Gasteiger partial charge in [-0.3, -0.25) is 9.59 Å². The standard InChI is InChI=1S/C56H99NO8/c1-6-8-10-12-14-16-18-20-22-24-25-26-27-28-29-31-32-34-36-38-40-42-44-46-53(58)63-50-52(51-64-56(55(60)61)62-49-48-57(3,4)5)65-54(59)47-45-43-41-39-37-35-33-30-23-21-19-17-15-13-11-9-7-2/h9,11,15,17-18,20-21,23-25,52,56H,6-8,10,12-14,16,19,22,26-51H2,1-5H3/b11-9-,17-15-,20-18-,23-21-,25-24-. The number of quaternary nitrogens is 1. The van der Waals surface area contributed by atoms with E-state index in [-0.39, 0.29) is 38.6 Å². The number of allylic oxidation sites excluding steroid dienone is 10. The highest BCUT2D eigenvalue weighted by molar-refractivity contribution is 5.70.